The number of nitrogens with one attached hydrogen (secondary N) is 1. The van der Waals surface area contributed by atoms with Gasteiger partial charge in [-0.05, 0) is 62.8 Å². The first kappa shape index (κ1) is 16.8. The van der Waals surface area contributed by atoms with Crippen molar-refractivity contribution in [1.29, 1.82) is 0 Å². The maximum atomic E-state index is 3.77. The lowest BCUT2D eigenvalue weighted by Crippen LogP contribution is -2.34. The molecule has 1 aliphatic rings. The van der Waals surface area contributed by atoms with Crippen LogP contribution in [-0.2, 0) is 6.42 Å². The van der Waals surface area contributed by atoms with E-state index in [0.717, 1.165) is 13.0 Å². The average Bonchev–Trinajstić information content (AvgIpc) is 2.43. The van der Waals surface area contributed by atoms with Gasteiger partial charge in [0.1, 0.15) is 0 Å². The van der Waals surface area contributed by atoms with E-state index in [1.807, 2.05) is 0 Å². The van der Waals surface area contributed by atoms with Crippen LogP contribution in [0.4, 0.5) is 0 Å². The molecule has 0 amide bonds. The Kier molecular flexibility index (Phi) is 7.52. The standard InChI is InChI=1S/C19H28BrN/c1-2-13-21-19(15-16-9-8-12-18(20)14-16)17-10-6-4-3-5-7-11-17/h8-10,12,14,19,21H,2-7,11,13,15H2,1H3/b17-10+. The molecule has 1 atom stereocenters. The van der Waals surface area contributed by atoms with Crippen molar-refractivity contribution in [3.8, 4) is 0 Å². The van der Waals surface area contributed by atoms with Gasteiger partial charge in [-0.1, -0.05) is 59.5 Å². The zero-order valence-corrected chi connectivity index (χ0v) is 14.8. The molecule has 1 aliphatic carbocycles. The molecule has 1 nitrogen and oxygen atoms in total. The van der Waals surface area contributed by atoms with Crippen molar-refractivity contribution in [2.24, 2.45) is 0 Å². The second kappa shape index (κ2) is 9.42. The van der Waals surface area contributed by atoms with Crippen molar-refractivity contribution in [3.63, 3.8) is 0 Å². The third kappa shape index (κ3) is 5.96. The van der Waals surface area contributed by atoms with Gasteiger partial charge in [0.25, 0.3) is 0 Å². The largest absolute Gasteiger partial charge is 0.310 e. The second-order valence-corrected chi connectivity index (χ2v) is 6.99. The van der Waals surface area contributed by atoms with Crippen LogP contribution in [0.25, 0.3) is 0 Å². The molecular formula is C19H28BrN. The molecule has 116 valence electrons. The van der Waals surface area contributed by atoms with Gasteiger partial charge in [-0.15, -0.1) is 0 Å². The Hall–Kier alpha value is -0.600. The van der Waals surface area contributed by atoms with Crippen molar-refractivity contribution >= 4 is 15.9 Å². The highest BCUT2D eigenvalue weighted by molar-refractivity contribution is 9.10. The van der Waals surface area contributed by atoms with Gasteiger partial charge < -0.3 is 5.32 Å². The number of rotatable bonds is 6. The molecule has 1 unspecified atom stereocenters. The van der Waals surface area contributed by atoms with Crippen LogP contribution in [0.5, 0.6) is 0 Å². The second-order valence-electron chi connectivity index (χ2n) is 6.07. The van der Waals surface area contributed by atoms with Gasteiger partial charge in [-0.3, -0.25) is 0 Å². The molecule has 0 saturated heterocycles. The molecule has 1 aromatic rings. The van der Waals surface area contributed by atoms with Crippen LogP contribution >= 0.6 is 15.9 Å². The lowest BCUT2D eigenvalue weighted by atomic mass is 9.91. The van der Waals surface area contributed by atoms with Crippen molar-refractivity contribution in [2.75, 3.05) is 6.54 Å². The fraction of sp³-hybridized carbons (Fsp3) is 0.579. The minimum Gasteiger partial charge on any atom is -0.310 e. The van der Waals surface area contributed by atoms with E-state index in [2.05, 4.69) is 58.5 Å². The monoisotopic (exact) mass is 349 g/mol. The van der Waals surface area contributed by atoms with Gasteiger partial charge in [0.15, 0.2) is 0 Å². The quantitative estimate of drug-likeness (QED) is 0.655. The Morgan fingerprint density at radius 3 is 2.86 bits per heavy atom. The minimum absolute atomic E-state index is 0.511. The highest BCUT2D eigenvalue weighted by atomic mass is 79.9. The Morgan fingerprint density at radius 2 is 2.05 bits per heavy atom. The minimum atomic E-state index is 0.511. The summed E-state index contributed by atoms with van der Waals surface area (Å²) in [7, 11) is 0. The van der Waals surface area contributed by atoms with Gasteiger partial charge in [0, 0.05) is 10.5 Å². The summed E-state index contributed by atoms with van der Waals surface area (Å²) in [6.07, 6.45) is 12.9. The lowest BCUT2D eigenvalue weighted by Gasteiger charge is -2.24. The van der Waals surface area contributed by atoms with E-state index in [0.29, 0.717) is 6.04 Å². The Morgan fingerprint density at radius 1 is 1.19 bits per heavy atom. The normalized spacial score (nSPS) is 20.2. The molecule has 0 aliphatic heterocycles. The molecule has 0 saturated carbocycles. The van der Waals surface area contributed by atoms with E-state index < -0.39 is 0 Å². The Bertz CT molecular complexity index is 453. The third-order valence-electron chi connectivity index (χ3n) is 4.24. The first-order valence-corrected chi connectivity index (χ1v) is 9.25. The molecule has 0 bridgehead atoms. The summed E-state index contributed by atoms with van der Waals surface area (Å²) in [4.78, 5) is 0. The van der Waals surface area contributed by atoms with Crippen LogP contribution in [0, 0.1) is 0 Å². The summed E-state index contributed by atoms with van der Waals surface area (Å²) >= 11 is 3.59. The molecule has 1 N–H and O–H groups in total. The van der Waals surface area contributed by atoms with Gasteiger partial charge in [-0.25, -0.2) is 0 Å². The number of benzene rings is 1. The van der Waals surface area contributed by atoms with Crippen molar-refractivity contribution in [3.05, 3.63) is 46.0 Å². The van der Waals surface area contributed by atoms with Gasteiger partial charge in [-0.2, -0.15) is 0 Å². The SMILES string of the molecule is CCCNC(Cc1cccc(Br)c1)/C1=C/CCCCCC1. The molecule has 0 spiro atoms. The van der Waals surface area contributed by atoms with Crippen LogP contribution in [0.3, 0.4) is 0 Å². The fourth-order valence-corrected chi connectivity index (χ4v) is 3.53. The van der Waals surface area contributed by atoms with Gasteiger partial charge >= 0.3 is 0 Å². The van der Waals surface area contributed by atoms with Crippen molar-refractivity contribution < 1.29 is 0 Å². The summed E-state index contributed by atoms with van der Waals surface area (Å²) in [5.74, 6) is 0. The first-order chi connectivity index (χ1) is 10.3. The fourth-order valence-electron chi connectivity index (χ4n) is 3.09. The molecule has 2 rings (SSSR count). The van der Waals surface area contributed by atoms with Crippen LogP contribution in [0.15, 0.2) is 40.4 Å². The van der Waals surface area contributed by atoms with E-state index in [1.165, 1.54) is 55.0 Å². The number of allylic oxidation sites excluding steroid dienone is 1. The topological polar surface area (TPSA) is 12.0 Å². The summed E-state index contributed by atoms with van der Waals surface area (Å²) in [6, 6.07) is 9.26. The van der Waals surface area contributed by atoms with Crippen LogP contribution in [-0.4, -0.2) is 12.6 Å². The number of hydrogen-bond acceptors (Lipinski definition) is 1. The molecular weight excluding hydrogens is 322 g/mol. The molecule has 1 aromatic carbocycles. The summed E-state index contributed by atoms with van der Waals surface area (Å²) in [5.41, 5.74) is 3.06. The number of halogens is 1. The van der Waals surface area contributed by atoms with Crippen LogP contribution in [0.2, 0.25) is 0 Å². The zero-order valence-electron chi connectivity index (χ0n) is 13.2. The molecule has 0 fully saturated rings. The summed E-state index contributed by atoms with van der Waals surface area (Å²) < 4.78 is 1.18. The third-order valence-corrected chi connectivity index (χ3v) is 4.74. The highest BCUT2D eigenvalue weighted by Gasteiger charge is 2.15. The lowest BCUT2D eigenvalue weighted by molar-refractivity contribution is 0.523. The number of hydrogen-bond donors (Lipinski definition) is 1. The summed E-state index contributed by atoms with van der Waals surface area (Å²) in [6.45, 7) is 3.35. The molecule has 0 radical (unpaired) electrons. The van der Waals surface area contributed by atoms with E-state index in [9.17, 15) is 0 Å². The zero-order chi connectivity index (χ0) is 14.9. The van der Waals surface area contributed by atoms with E-state index in [1.54, 1.807) is 5.57 Å². The van der Waals surface area contributed by atoms with Gasteiger partial charge in [0.05, 0.1) is 0 Å². The molecule has 2 heteroatoms. The predicted octanol–water partition coefficient (Wildman–Crippen LogP) is 5.64. The van der Waals surface area contributed by atoms with Crippen LogP contribution < -0.4 is 5.32 Å². The molecule has 0 aromatic heterocycles. The molecule has 0 heterocycles. The predicted molar refractivity (Wildman–Crippen MR) is 95.7 cm³/mol. The van der Waals surface area contributed by atoms with E-state index in [4.69, 9.17) is 0 Å². The smallest absolute Gasteiger partial charge is 0.0320 e. The van der Waals surface area contributed by atoms with E-state index in [-0.39, 0.29) is 0 Å². The Balaban J connectivity index is 2.08. The Labute approximate surface area is 138 Å². The molecule has 21 heavy (non-hydrogen) atoms. The summed E-state index contributed by atoms with van der Waals surface area (Å²) in [5, 5.41) is 3.77. The van der Waals surface area contributed by atoms with Crippen molar-refractivity contribution in [1.82, 2.24) is 5.32 Å². The van der Waals surface area contributed by atoms with Crippen LogP contribution in [0.1, 0.15) is 57.4 Å². The first-order valence-electron chi connectivity index (χ1n) is 8.46. The van der Waals surface area contributed by atoms with E-state index >= 15 is 0 Å². The maximum Gasteiger partial charge on any atom is 0.0320 e. The van der Waals surface area contributed by atoms with Gasteiger partial charge in [0.2, 0.25) is 0 Å². The maximum absolute atomic E-state index is 3.77. The average molecular weight is 350 g/mol. The van der Waals surface area contributed by atoms with Crippen molar-refractivity contribution in [2.45, 2.75) is 64.3 Å². The highest BCUT2D eigenvalue weighted by Crippen LogP contribution is 2.22.